The van der Waals surface area contributed by atoms with Crippen LogP contribution in [-0.2, 0) is 42.3 Å². The Morgan fingerprint density at radius 3 is 1.10 bits per heavy atom. The van der Waals surface area contributed by atoms with Crippen LogP contribution in [0.3, 0.4) is 0 Å². The third-order valence-electron chi connectivity index (χ3n) is 12.5. The summed E-state index contributed by atoms with van der Waals surface area (Å²) in [6.07, 6.45) is 0. The molecule has 372 valence electrons. The van der Waals surface area contributed by atoms with E-state index in [1.165, 1.54) is 54.4 Å². The molecule has 0 N–H and O–H groups in total. The number of hydrogen-bond acceptors (Lipinski definition) is 16. The van der Waals surface area contributed by atoms with E-state index in [1.54, 1.807) is 33.3 Å². The van der Waals surface area contributed by atoms with Gasteiger partial charge < -0.3 is 34.1 Å². The molecule has 0 radical (unpaired) electrons. The van der Waals surface area contributed by atoms with Gasteiger partial charge in [-0.15, -0.1) is 15.3 Å². The lowest BCUT2D eigenvalue weighted by atomic mass is 10.2. The van der Waals surface area contributed by atoms with Gasteiger partial charge in [-0.3, -0.25) is 28.1 Å². The van der Waals surface area contributed by atoms with Crippen molar-refractivity contribution >= 4 is 46.1 Å². The first kappa shape index (κ1) is 50.2. The third kappa shape index (κ3) is 10.9. The van der Waals surface area contributed by atoms with Gasteiger partial charge in [0.2, 0.25) is 17.5 Å². The van der Waals surface area contributed by atoms with Crippen LogP contribution in [0.2, 0.25) is 5.02 Å². The molecule has 0 atom stereocenters. The van der Waals surface area contributed by atoms with E-state index in [1.807, 2.05) is 63.2 Å². The van der Waals surface area contributed by atoms with Crippen LogP contribution in [0, 0.1) is 5.82 Å². The minimum absolute atomic E-state index is 0.259. The van der Waals surface area contributed by atoms with E-state index in [-0.39, 0.29) is 28.3 Å². The highest BCUT2D eigenvalue weighted by molar-refractivity contribution is 6.33. The van der Waals surface area contributed by atoms with Gasteiger partial charge in [0, 0.05) is 132 Å². The second kappa shape index (κ2) is 21.7. The Kier molecular flexibility index (Phi) is 15.6. The topological polar surface area (TPSA) is 199 Å². The van der Waals surface area contributed by atoms with Gasteiger partial charge in [-0.05, 0) is 60.7 Å². The predicted molar refractivity (Wildman–Crippen MR) is 268 cm³/mol. The predicted octanol–water partition coefficient (Wildman–Crippen LogP) is 0.218. The van der Waals surface area contributed by atoms with Crippen LogP contribution in [0.15, 0.2) is 102 Å². The summed E-state index contributed by atoms with van der Waals surface area (Å²) in [7, 11) is 10.7. The van der Waals surface area contributed by atoms with Crippen LogP contribution in [-0.4, -0.2) is 129 Å². The molecule has 0 spiro atoms. The molecule has 3 saturated heterocycles. The molecular weight excluding hydrogens is 929 g/mol. The molecule has 9 rings (SSSR count). The highest BCUT2D eigenvalue weighted by atomic mass is 35.5. The van der Waals surface area contributed by atoms with Crippen molar-refractivity contribution in [3.05, 3.63) is 146 Å². The number of nitrogens with zero attached hydrogens (tertiary/aromatic N) is 15. The average molecular weight is 987 g/mol. The maximum Gasteiger partial charge on any atom is 0.346 e. The average Bonchev–Trinajstić information content (AvgIpc) is 3.38. The van der Waals surface area contributed by atoms with Crippen LogP contribution in [0.4, 0.5) is 38.9 Å². The zero-order valence-corrected chi connectivity index (χ0v) is 41.0. The maximum atomic E-state index is 13.0. The second-order valence-corrected chi connectivity index (χ2v) is 17.2. The summed E-state index contributed by atoms with van der Waals surface area (Å²) < 4.78 is 25.0. The van der Waals surface area contributed by atoms with Gasteiger partial charge in [-0.2, -0.15) is 0 Å². The fraction of sp³-hybridized carbons (Fsp3) is 0.413. The first-order chi connectivity index (χ1) is 33.5. The first-order valence-corrected chi connectivity index (χ1v) is 22.9. The monoisotopic (exact) mass is 985 g/mol. The molecule has 3 fully saturated rings. The lowest BCUT2D eigenvalue weighted by molar-refractivity contribution is 0.415. The quantitative estimate of drug-likeness (QED) is 0.210. The van der Waals surface area contributed by atoms with E-state index in [2.05, 4.69) is 30.0 Å². The summed E-state index contributed by atoms with van der Waals surface area (Å²) in [4.78, 5) is 84.2. The van der Waals surface area contributed by atoms with Crippen molar-refractivity contribution in [1.82, 2.24) is 43.0 Å². The van der Waals surface area contributed by atoms with Crippen molar-refractivity contribution in [3.8, 4) is 5.75 Å². The fourth-order valence-electron chi connectivity index (χ4n) is 8.31. The number of para-hydroxylation sites is 1. The van der Waals surface area contributed by atoms with Gasteiger partial charge in [0.15, 0.2) is 0 Å². The smallest absolute Gasteiger partial charge is 0.346 e. The Hall–Kier alpha value is -7.69. The van der Waals surface area contributed by atoms with Crippen LogP contribution >= 0.6 is 11.6 Å². The molecule has 0 unspecified atom stereocenters. The molecule has 6 heterocycles. The van der Waals surface area contributed by atoms with Gasteiger partial charge in [-0.25, -0.2) is 32.8 Å². The van der Waals surface area contributed by atoms with Gasteiger partial charge >= 0.3 is 17.1 Å². The molecule has 3 aliphatic rings. The Labute approximate surface area is 406 Å². The lowest BCUT2D eigenvalue weighted by Crippen LogP contribution is -2.51. The molecular formula is C46H57ClFN15O7. The maximum absolute atomic E-state index is 13.0. The minimum Gasteiger partial charge on any atom is -0.497 e. The molecule has 3 aromatic heterocycles. The highest BCUT2D eigenvalue weighted by Gasteiger charge is 2.26. The third-order valence-corrected chi connectivity index (χ3v) is 12.8. The zero-order valence-electron chi connectivity index (χ0n) is 40.2. The Morgan fingerprint density at radius 2 is 0.757 bits per heavy atom. The largest absolute Gasteiger partial charge is 0.497 e. The number of hydrogen-bond donors (Lipinski definition) is 0. The van der Waals surface area contributed by atoms with Crippen LogP contribution in [0.1, 0.15) is 0 Å². The molecule has 70 heavy (non-hydrogen) atoms. The summed E-state index contributed by atoms with van der Waals surface area (Å²) in [5, 5.41) is 13.1. The highest BCUT2D eigenvalue weighted by Crippen LogP contribution is 2.27. The summed E-state index contributed by atoms with van der Waals surface area (Å²) in [5.41, 5.74) is 0.690. The Bertz CT molecular complexity index is 3160. The van der Waals surface area contributed by atoms with Crippen molar-refractivity contribution in [2.24, 2.45) is 42.3 Å². The molecule has 0 bridgehead atoms. The number of benzene rings is 3. The number of piperazine rings is 3. The molecule has 3 aromatic carbocycles. The Morgan fingerprint density at radius 1 is 0.443 bits per heavy atom. The van der Waals surface area contributed by atoms with E-state index in [0.29, 0.717) is 64.0 Å². The molecule has 0 aliphatic carbocycles. The SMILES string of the molecule is COc1ccc(N2CCN(c3nn(C)c(=O)n(C)c3=O)CC2)cc1.Cn1nc(N2CCN(c3ccc(F)cc3)CC2)c(=O)n(C)c1=O.Cn1nc(N2CCN(c3ccccc3Cl)CC2)c(=O)n(C)c1=O. The number of anilines is 6. The van der Waals surface area contributed by atoms with E-state index < -0.39 is 17.1 Å². The standard InChI is InChI=1S/C16H21N5O3.C15H18ClN5O2.C15H18FN5O2/c1-18-15(22)14(17-19(2)16(18)23)21-10-8-20(9-11-21)12-4-6-13(24-3)7-5-12;1-18-14(22)13(17-19(2)15(18)23)21-9-7-20(8-10-21)12-6-4-3-5-11(12)16;1-18-14(22)13(17-19(2)15(18)23)21-9-7-20(8-10-21)12-5-3-11(16)4-6-12/h4-7H,8-11H2,1-3H3;2*3-6H,7-10H2,1-2H3. The van der Waals surface area contributed by atoms with E-state index in [4.69, 9.17) is 16.3 Å². The summed E-state index contributed by atoms with van der Waals surface area (Å²) in [6, 6.07) is 22.0. The number of aryl methyl sites for hydroxylation is 3. The van der Waals surface area contributed by atoms with E-state index >= 15 is 0 Å². The fourth-order valence-corrected chi connectivity index (χ4v) is 8.56. The van der Waals surface area contributed by atoms with Crippen LogP contribution in [0.25, 0.3) is 0 Å². The van der Waals surface area contributed by atoms with Gasteiger partial charge in [0.25, 0.3) is 16.7 Å². The number of halogens is 2. The number of methoxy groups -OCH3 is 1. The number of ether oxygens (including phenoxy) is 1. The summed E-state index contributed by atoms with van der Waals surface area (Å²) in [5.74, 6) is 1.50. The molecule has 22 nitrogen and oxygen atoms in total. The minimum atomic E-state index is -0.441. The van der Waals surface area contributed by atoms with Gasteiger partial charge in [0.1, 0.15) is 11.6 Å². The van der Waals surface area contributed by atoms with Gasteiger partial charge in [0.05, 0.1) is 17.8 Å². The molecule has 24 heteroatoms. The molecule has 0 saturated carbocycles. The normalized spacial score (nSPS) is 15.0. The summed E-state index contributed by atoms with van der Waals surface area (Å²) in [6.45, 7) is 8.26. The van der Waals surface area contributed by atoms with E-state index in [0.717, 1.165) is 67.7 Å². The van der Waals surface area contributed by atoms with Crippen molar-refractivity contribution in [1.29, 1.82) is 0 Å². The Balaban J connectivity index is 0.000000155. The number of rotatable bonds is 7. The molecule has 3 aliphatic heterocycles. The van der Waals surface area contributed by atoms with Crippen molar-refractivity contribution in [2.75, 3.05) is 115 Å². The van der Waals surface area contributed by atoms with Crippen molar-refractivity contribution in [3.63, 3.8) is 0 Å². The molecule has 0 amide bonds. The van der Waals surface area contributed by atoms with Crippen molar-refractivity contribution in [2.45, 2.75) is 0 Å². The molecule has 6 aromatic rings. The van der Waals surface area contributed by atoms with Gasteiger partial charge in [-0.1, -0.05) is 23.7 Å². The van der Waals surface area contributed by atoms with Crippen LogP contribution in [0.5, 0.6) is 5.75 Å². The summed E-state index contributed by atoms with van der Waals surface area (Å²) >= 11 is 6.24. The number of aromatic nitrogens is 9. The van der Waals surface area contributed by atoms with E-state index in [9.17, 15) is 33.2 Å². The first-order valence-electron chi connectivity index (χ1n) is 22.5. The zero-order chi connectivity index (χ0) is 50.4. The van der Waals surface area contributed by atoms with Crippen LogP contribution < -0.4 is 67.9 Å². The second-order valence-electron chi connectivity index (χ2n) is 16.8. The lowest BCUT2D eigenvalue weighted by Gasteiger charge is -2.36. The van der Waals surface area contributed by atoms with Crippen molar-refractivity contribution < 1.29 is 9.13 Å².